The average Bonchev–Trinajstić information content (AvgIpc) is 2.96. The minimum Gasteiger partial charge on any atom is -0.478 e. The average molecular weight is 314 g/mol. The molecule has 1 aromatic carbocycles. The van der Waals surface area contributed by atoms with Crippen LogP contribution in [0.3, 0.4) is 0 Å². The number of hydrogen-bond acceptors (Lipinski definition) is 4. The molecule has 2 aromatic heterocycles. The molecule has 0 aliphatic carbocycles. The van der Waals surface area contributed by atoms with Gasteiger partial charge in [-0.25, -0.2) is 19.0 Å². The molecule has 0 atom stereocenters. The molecule has 0 saturated heterocycles. The summed E-state index contributed by atoms with van der Waals surface area (Å²) in [5, 5.41) is 9.40. The van der Waals surface area contributed by atoms with Crippen molar-refractivity contribution in [2.24, 2.45) is 0 Å². The normalized spacial score (nSPS) is 10.7. The van der Waals surface area contributed by atoms with Crippen molar-refractivity contribution in [1.82, 2.24) is 9.97 Å². The minimum absolute atomic E-state index is 0.319. The van der Waals surface area contributed by atoms with E-state index in [4.69, 9.17) is 9.84 Å². The lowest BCUT2D eigenvalue weighted by atomic mass is 10.0. The van der Waals surface area contributed by atoms with Crippen LogP contribution in [-0.2, 0) is 4.74 Å². The van der Waals surface area contributed by atoms with Gasteiger partial charge in [0.25, 0.3) is 0 Å². The zero-order valence-corrected chi connectivity index (χ0v) is 12.0. The molecule has 23 heavy (non-hydrogen) atoms. The summed E-state index contributed by atoms with van der Waals surface area (Å²) in [4.78, 5) is 29.6. The van der Waals surface area contributed by atoms with E-state index < -0.39 is 23.3 Å². The number of nitrogens with zero attached hydrogens (tertiary/aromatic N) is 1. The number of carboxylic acid groups (broad SMARTS) is 1. The van der Waals surface area contributed by atoms with Gasteiger partial charge in [-0.2, -0.15) is 0 Å². The molecule has 116 valence electrons. The van der Waals surface area contributed by atoms with E-state index in [0.717, 1.165) is 6.07 Å². The number of rotatable bonds is 3. The summed E-state index contributed by atoms with van der Waals surface area (Å²) in [6.07, 6.45) is 3.00. The predicted octanol–water partition coefficient (Wildman–Crippen LogP) is 2.85. The van der Waals surface area contributed by atoms with Gasteiger partial charge in [0.05, 0.1) is 18.2 Å². The number of carboxylic acids is 1. The van der Waals surface area contributed by atoms with Gasteiger partial charge in [0.15, 0.2) is 0 Å². The van der Waals surface area contributed by atoms with E-state index in [0.29, 0.717) is 27.7 Å². The van der Waals surface area contributed by atoms with E-state index in [1.54, 1.807) is 6.07 Å². The summed E-state index contributed by atoms with van der Waals surface area (Å²) in [5.41, 5.74) is 1.42. The number of benzene rings is 1. The molecule has 7 heteroatoms. The number of esters is 1. The number of carbonyl (C=O) groups excluding carboxylic acids is 1. The fraction of sp³-hybridized carbons (Fsp3) is 0.0625. The SMILES string of the molecule is COC(=O)c1c[nH]c2ncc(-c3ccc(C(=O)O)c(F)c3)cc12. The van der Waals surface area contributed by atoms with Gasteiger partial charge in [-0.1, -0.05) is 6.07 Å². The number of aromatic carboxylic acids is 1. The fourth-order valence-corrected chi connectivity index (χ4v) is 2.31. The summed E-state index contributed by atoms with van der Waals surface area (Å²) in [7, 11) is 1.28. The minimum atomic E-state index is -1.33. The zero-order valence-electron chi connectivity index (χ0n) is 12.0. The van der Waals surface area contributed by atoms with Gasteiger partial charge in [-0.3, -0.25) is 0 Å². The van der Waals surface area contributed by atoms with Gasteiger partial charge in [0, 0.05) is 23.3 Å². The Balaban J connectivity index is 2.11. The van der Waals surface area contributed by atoms with Crippen LogP contribution in [0.15, 0.2) is 36.7 Å². The van der Waals surface area contributed by atoms with E-state index in [1.807, 2.05) is 0 Å². The van der Waals surface area contributed by atoms with Crippen molar-refractivity contribution >= 4 is 23.0 Å². The Kier molecular flexibility index (Phi) is 3.53. The first-order valence-corrected chi connectivity index (χ1v) is 6.60. The fourth-order valence-electron chi connectivity index (χ4n) is 2.31. The van der Waals surface area contributed by atoms with Gasteiger partial charge in [0.1, 0.15) is 11.5 Å². The van der Waals surface area contributed by atoms with Crippen molar-refractivity contribution in [2.75, 3.05) is 7.11 Å². The molecule has 6 nitrogen and oxygen atoms in total. The van der Waals surface area contributed by atoms with Crippen molar-refractivity contribution in [1.29, 1.82) is 0 Å². The lowest BCUT2D eigenvalue weighted by Gasteiger charge is -2.04. The number of fused-ring (bicyclic) bond motifs is 1. The van der Waals surface area contributed by atoms with E-state index >= 15 is 0 Å². The Labute approximate surface area is 129 Å². The highest BCUT2D eigenvalue weighted by Gasteiger charge is 2.15. The first-order valence-electron chi connectivity index (χ1n) is 6.60. The van der Waals surface area contributed by atoms with Crippen molar-refractivity contribution in [3.8, 4) is 11.1 Å². The molecule has 0 radical (unpaired) electrons. The van der Waals surface area contributed by atoms with Gasteiger partial charge in [-0.15, -0.1) is 0 Å². The summed E-state index contributed by atoms with van der Waals surface area (Å²) in [5.74, 6) is -2.68. The monoisotopic (exact) mass is 314 g/mol. The molecule has 2 N–H and O–H groups in total. The van der Waals surface area contributed by atoms with E-state index in [9.17, 15) is 14.0 Å². The van der Waals surface area contributed by atoms with Crippen molar-refractivity contribution in [2.45, 2.75) is 0 Å². The molecule has 0 unspecified atom stereocenters. The Morgan fingerprint density at radius 2 is 2.00 bits per heavy atom. The van der Waals surface area contributed by atoms with Crippen molar-refractivity contribution in [3.05, 3.63) is 53.6 Å². The van der Waals surface area contributed by atoms with Crippen molar-refractivity contribution in [3.63, 3.8) is 0 Å². The molecule has 0 aliphatic rings. The van der Waals surface area contributed by atoms with Gasteiger partial charge >= 0.3 is 11.9 Å². The zero-order chi connectivity index (χ0) is 16.6. The number of hydrogen-bond donors (Lipinski definition) is 2. The second kappa shape index (κ2) is 5.53. The number of aromatic nitrogens is 2. The van der Waals surface area contributed by atoms with Crippen LogP contribution in [0.4, 0.5) is 4.39 Å². The highest BCUT2D eigenvalue weighted by atomic mass is 19.1. The van der Waals surface area contributed by atoms with Gasteiger partial charge in [-0.05, 0) is 23.8 Å². The number of nitrogens with one attached hydrogen (secondary N) is 1. The van der Waals surface area contributed by atoms with Crippen LogP contribution in [0.5, 0.6) is 0 Å². The number of halogens is 1. The van der Waals surface area contributed by atoms with E-state index in [-0.39, 0.29) is 0 Å². The molecule has 0 aliphatic heterocycles. The standard InChI is InChI=1S/C16H11FN2O4/c1-23-16(22)12-7-19-14-11(12)4-9(6-18-14)8-2-3-10(15(20)21)13(17)5-8/h2-7H,1H3,(H,18,19)(H,20,21). The molecule has 0 amide bonds. The number of H-pyrrole nitrogens is 1. The maximum absolute atomic E-state index is 13.8. The van der Waals surface area contributed by atoms with Crippen LogP contribution in [0.2, 0.25) is 0 Å². The first-order chi connectivity index (χ1) is 11.0. The highest BCUT2D eigenvalue weighted by molar-refractivity contribution is 6.04. The molecular formula is C16H11FN2O4. The molecule has 0 spiro atoms. The lowest BCUT2D eigenvalue weighted by molar-refractivity contribution is 0.0602. The number of methoxy groups -OCH3 is 1. The van der Waals surface area contributed by atoms with Crippen LogP contribution >= 0.6 is 0 Å². The van der Waals surface area contributed by atoms with Gasteiger partial charge < -0.3 is 14.8 Å². The highest BCUT2D eigenvalue weighted by Crippen LogP contribution is 2.26. The number of aromatic amines is 1. The lowest BCUT2D eigenvalue weighted by Crippen LogP contribution is -2.00. The van der Waals surface area contributed by atoms with Crippen LogP contribution in [0.1, 0.15) is 20.7 Å². The molecule has 2 heterocycles. The first kappa shape index (κ1) is 14.7. The van der Waals surface area contributed by atoms with Gasteiger partial charge in [0.2, 0.25) is 0 Å². The third-order valence-corrected chi connectivity index (χ3v) is 3.47. The Morgan fingerprint density at radius 3 is 2.65 bits per heavy atom. The smallest absolute Gasteiger partial charge is 0.340 e. The van der Waals surface area contributed by atoms with E-state index in [2.05, 4.69) is 9.97 Å². The second-order valence-electron chi connectivity index (χ2n) is 4.81. The Bertz CT molecular complexity index is 933. The quantitative estimate of drug-likeness (QED) is 0.725. The number of ether oxygens (including phenoxy) is 1. The topological polar surface area (TPSA) is 92.3 Å². The maximum atomic E-state index is 13.8. The molecule has 0 fully saturated rings. The molecular weight excluding hydrogens is 303 g/mol. The predicted molar refractivity (Wildman–Crippen MR) is 79.8 cm³/mol. The summed E-state index contributed by atoms with van der Waals surface area (Å²) >= 11 is 0. The largest absolute Gasteiger partial charge is 0.478 e. The van der Waals surface area contributed by atoms with Crippen LogP contribution in [0.25, 0.3) is 22.2 Å². The third kappa shape index (κ3) is 2.52. The van der Waals surface area contributed by atoms with Crippen LogP contribution in [-0.4, -0.2) is 34.1 Å². The van der Waals surface area contributed by atoms with Crippen molar-refractivity contribution < 1.29 is 23.8 Å². The Morgan fingerprint density at radius 1 is 1.22 bits per heavy atom. The summed E-state index contributed by atoms with van der Waals surface area (Å²) in [6.45, 7) is 0. The maximum Gasteiger partial charge on any atom is 0.340 e. The molecule has 0 bridgehead atoms. The second-order valence-corrected chi connectivity index (χ2v) is 4.81. The molecule has 0 saturated carbocycles. The summed E-state index contributed by atoms with van der Waals surface area (Å²) < 4.78 is 18.5. The molecule has 3 aromatic rings. The van der Waals surface area contributed by atoms with Crippen LogP contribution < -0.4 is 0 Å². The van der Waals surface area contributed by atoms with E-state index in [1.165, 1.54) is 31.6 Å². The number of pyridine rings is 1. The third-order valence-electron chi connectivity index (χ3n) is 3.47. The number of carbonyl (C=O) groups is 2. The van der Waals surface area contributed by atoms with Crippen LogP contribution in [0, 0.1) is 5.82 Å². The summed E-state index contributed by atoms with van der Waals surface area (Å²) in [6, 6.07) is 5.46. The molecule has 3 rings (SSSR count). The Hall–Kier alpha value is -3.22.